The Hall–Kier alpha value is 0.290. The molecule has 0 amide bonds. The molecule has 0 aliphatic heterocycles. The Morgan fingerprint density at radius 1 is 1.53 bits per heavy atom. The van der Waals surface area contributed by atoms with Crippen molar-refractivity contribution in [2.24, 2.45) is 5.92 Å². The van der Waals surface area contributed by atoms with Crippen molar-refractivity contribution in [2.45, 2.75) is 12.8 Å². The summed E-state index contributed by atoms with van der Waals surface area (Å²) in [6, 6.07) is 1.83. The Bertz CT molecular complexity index is 371. The molecule has 0 unspecified atom stereocenters. The molecule has 2 rings (SSSR count). The highest BCUT2D eigenvalue weighted by atomic mass is 79.9. The lowest BCUT2D eigenvalue weighted by Crippen LogP contribution is -2.10. The summed E-state index contributed by atoms with van der Waals surface area (Å²) in [6.07, 6.45) is 2.50. The fraction of sp³-hybridized carbons (Fsp3) is 0.500. The van der Waals surface area contributed by atoms with Crippen LogP contribution in [0.5, 0.6) is 0 Å². The van der Waals surface area contributed by atoms with Crippen molar-refractivity contribution >= 4 is 49.0 Å². The lowest BCUT2D eigenvalue weighted by Gasteiger charge is -2.01. The molecule has 1 aromatic heterocycles. The molecule has 0 aromatic carbocycles. The first-order valence-electron chi connectivity index (χ1n) is 4.72. The van der Waals surface area contributed by atoms with Crippen molar-refractivity contribution in [1.29, 1.82) is 0 Å². The number of ether oxygens (including phenoxy) is 1. The summed E-state index contributed by atoms with van der Waals surface area (Å²) < 4.78 is 7.19. The number of ketones is 1. The molecule has 0 saturated heterocycles. The third-order valence-corrected chi connectivity index (χ3v) is 4.58. The summed E-state index contributed by atoms with van der Waals surface area (Å²) in [4.78, 5) is 11.7. The van der Waals surface area contributed by atoms with Gasteiger partial charge in [-0.3, -0.25) is 4.79 Å². The minimum absolute atomic E-state index is 0.0458. The topological polar surface area (TPSA) is 26.3 Å². The first kappa shape index (κ1) is 11.8. The van der Waals surface area contributed by atoms with Crippen LogP contribution in [0.25, 0.3) is 0 Å². The Labute approximate surface area is 109 Å². The standard InChI is InChI=1S/C10H10Br2O2S/c11-9-3-7(10(12)15-9)8(13)5-14-4-6-1-2-6/h3,6H,1-2,4-5H2. The van der Waals surface area contributed by atoms with E-state index in [2.05, 4.69) is 31.9 Å². The third kappa shape index (κ3) is 3.37. The summed E-state index contributed by atoms with van der Waals surface area (Å²) in [6.45, 7) is 0.924. The summed E-state index contributed by atoms with van der Waals surface area (Å²) in [5.41, 5.74) is 0.711. The number of hydrogen-bond acceptors (Lipinski definition) is 3. The van der Waals surface area contributed by atoms with Gasteiger partial charge in [-0.05, 0) is 56.7 Å². The quantitative estimate of drug-likeness (QED) is 0.751. The monoisotopic (exact) mass is 352 g/mol. The zero-order chi connectivity index (χ0) is 10.8. The lowest BCUT2D eigenvalue weighted by atomic mass is 10.2. The molecule has 1 aromatic rings. The molecule has 1 aliphatic rings. The largest absolute Gasteiger partial charge is 0.373 e. The molecule has 1 heterocycles. The van der Waals surface area contributed by atoms with E-state index < -0.39 is 0 Å². The molecule has 15 heavy (non-hydrogen) atoms. The lowest BCUT2D eigenvalue weighted by molar-refractivity contribution is 0.0739. The van der Waals surface area contributed by atoms with E-state index in [1.54, 1.807) is 0 Å². The van der Waals surface area contributed by atoms with Crippen LogP contribution in [-0.4, -0.2) is 19.0 Å². The Morgan fingerprint density at radius 3 is 2.80 bits per heavy atom. The summed E-state index contributed by atoms with van der Waals surface area (Å²) in [7, 11) is 0. The van der Waals surface area contributed by atoms with Gasteiger partial charge >= 0.3 is 0 Å². The van der Waals surface area contributed by atoms with E-state index in [1.165, 1.54) is 24.2 Å². The smallest absolute Gasteiger partial charge is 0.190 e. The van der Waals surface area contributed by atoms with Gasteiger partial charge in [0.2, 0.25) is 0 Å². The van der Waals surface area contributed by atoms with Crippen LogP contribution in [0.4, 0.5) is 0 Å². The molecule has 1 fully saturated rings. The van der Waals surface area contributed by atoms with Gasteiger partial charge in [-0.15, -0.1) is 11.3 Å². The van der Waals surface area contributed by atoms with Crippen LogP contribution in [0.3, 0.4) is 0 Å². The predicted molar refractivity (Wildman–Crippen MR) is 67.6 cm³/mol. The molecule has 0 bridgehead atoms. The van der Waals surface area contributed by atoms with E-state index in [4.69, 9.17) is 4.74 Å². The predicted octanol–water partition coefficient (Wildman–Crippen LogP) is 3.88. The summed E-state index contributed by atoms with van der Waals surface area (Å²) in [5, 5.41) is 0. The van der Waals surface area contributed by atoms with Crippen LogP contribution in [0, 0.1) is 5.92 Å². The maximum atomic E-state index is 11.7. The molecule has 0 spiro atoms. The van der Waals surface area contributed by atoms with Crippen LogP contribution in [0.2, 0.25) is 0 Å². The van der Waals surface area contributed by atoms with Gasteiger partial charge in [0.1, 0.15) is 6.61 Å². The van der Waals surface area contributed by atoms with Crippen molar-refractivity contribution in [1.82, 2.24) is 0 Å². The van der Waals surface area contributed by atoms with Crippen LogP contribution < -0.4 is 0 Å². The fourth-order valence-electron chi connectivity index (χ4n) is 1.21. The first-order chi connectivity index (χ1) is 7.16. The number of carbonyl (C=O) groups excluding carboxylic acids is 1. The van der Waals surface area contributed by atoms with Crippen molar-refractivity contribution in [3.63, 3.8) is 0 Å². The summed E-state index contributed by atoms with van der Waals surface area (Å²) in [5.74, 6) is 0.750. The van der Waals surface area contributed by atoms with E-state index in [0.29, 0.717) is 11.5 Å². The van der Waals surface area contributed by atoms with E-state index in [-0.39, 0.29) is 12.4 Å². The number of Topliss-reactive ketones (excluding diaryl/α,β-unsaturated/α-hetero) is 1. The van der Waals surface area contributed by atoms with Crippen molar-refractivity contribution in [2.75, 3.05) is 13.2 Å². The highest BCUT2D eigenvalue weighted by Gasteiger charge is 2.22. The average molecular weight is 354 g/mol. The average Bonchev–Trinajstić information content (AvgIpc) is 2.92. The van der Waals surface area contributed by atoms with Crippen LogP contribution in [-0.2, 0) is 4.74 Å². The van der Waals surface area contributed by atoms with Gasteiger partial charge < -0.3 is 4.74 Å². The van der Waals surface area contributed by atoms with E-state index in [9.17, 15) is 4.79 Å². The highest BCUT2D eigenvalue weighted by molar-refractivity contribution is 9.12. The van der Waals surface area contributed by atoms with Gasteiger partial charge in [-0.1, -0.05) is 0 Å². The molecule has 5 heteroatoms. The van der Waals surface area contributed by atoms with Gasteiger partial charge in [0, 0.05) is 5.56 Å². The van der Waals surface area contributed by atoms with E-state index in [0.717, 1.165) is 14.2 Å². The second kappa shape index (κ2) is 5.08. The maximum Gasteiger partial charge on any atom is 0.190 e. The molecule has 1 aliphatic carbocycles. The number of carbonyl (C=O) groups is 1. The van der Waals surface area contributed by atoms with Gasteiger partial charge in [0.15, 0.2) is 5.78 Å². The first-order valence-corrected chi connectivity index (χ1v) is 7.13. The normalized spacial score (nSPS) is 15.6. The molecule has 82 valence electrons. The Kier molecular flexibility index (Phi) is 3.98. The molecule has 0 radical (unpaired) electrons. The molecule has 1 saturated carbocycles. The molecular formula is C10H10Br2O2S. The highest BCUT2D eigenvalue weighted by Crippen LogP contribution is 2.32. The van der Waals surface area contributed by atoms with Crippen LogP contribution in [0.15, 0.2) is 13.6 Å². The Morgan fingerprint density at radius 2 is 2.27 bits per heavy atom. The maximum absolute atomic E-state index is 11.7. The number of rotatable bonds is 5. The molecular weight excluding hydrogens is 344 g/mol. The molecule has 2 nitrogen and oxygen atoms in total. The van der Waals surface area contributed by atoms with Crippen LogP contribution in [0.1, 0.15) is 23.2 Å². The second-order valence-corrected chi connectivity index (χ2v) is 7.37. The second-order valence-electron chi connectivity index (χ2n) is 3.62. The number of thiophene rings is 1. The van der Waals surface area contributed by atoms with Crippen molar-refractivity contribution < 1.29 is 9.53 Å². The van der Waals surface area contributed by atoms with Crippen molar-refractivity contribution in [3.05, 3.63) is 19.2 Å². The minimum atomic E-state index is 0.0458. The minimum Gasteiger partial charge on any atom is -0.373 e. The van der Waals surface area contributed by atoms with Crippen molar-refractivity contribution in [3.8, 4) is 0 Å². The van der Waals surface area contributed by atoms with Crippen LogP contribution >= 0.6 is 43.2 Å². The van der Waals surface area contributed by atoms with Gasteiger partial charge in [0.05, 0.1) is 14.2 Å². The van der Waals surface area contributed by atoms with E-state index >= 15 is 0 Å². The molecule has 0 atom stereocenters. The summed E-state index contributed by atoms with van der Waals surface area (Å²) >= 11 is 8.22. The van der Waals surface area contributed by atoms with Gasteiger partial charge in [0.25, 0.3) is 0 Å². The number of halogens is 2. The van der Waals surface area contributed by atoms with Gasteiger partial charge in [-0.2, -0.15) is 0 Å². The fourth-order valence-corrected chi connectivity index (χ4v) is 4.07. The SMILES string of the molecule is O=C(COCC1CC1)c1cc(Br)sc1Br. The Balaban J connectivity index is 1.86. The third-order valence-electron chi connectivity index (χ3n) is 2.24. The van der Waals surface area contributed by atoms with Gasteiger partial charge in [-0.25, -0.2) is 0 Å². The van der Waals surface area contributed by atoms with E-state index in [1.807, 2.05) is 6.07 Å². The molecule has 0 N–H and O–H groups in total. The number of hydrogen-bond donors (Lipinski definition) is 0. The zero-order valence-corrected chi connectivity index (χ0v) is 12.0. The zero-order valence-electron chi connectivity index (χ0n) is 7.96.